The van der Waals surface area contributed by atoms with Gasteiger partial charge in [-0.05, 0) is 25.2 Å². The Labute approximate surface area is 130 Å². The van der Waals surface area contributed by atoms with Crippen molar-refractivity contribution in [1.29, 1.82) is 0 Å². The lowest BCUT2D eigenvalue weighted by Crippen LogP contribution is -2.27. The third-order valence-corrected chi connectivity index (χ3v) is 4.14. The number of benzene rings is 1. The molecule has 2 rings (SSSR count). The Kier molecular flexibility index (Phi) is 5.70. The van der Waals surface area contributed by atoms with E-state index in [2.05, 4.69) is 28.3 Å². The topological polar surface area (TPSA) is 21.1 Å². The standard InChI is InChI=1S/C15H21Cl2N3/c1-3-19(4-2)10-11-20-14(8-9-16)18-13-7-5-6-12(17)15(13)20/h5-7H,3-4,8-11H2,1-2H3. The summed E-state index contributed by atoms with van der Waals surface area (Å²) in [6.45, 7) is 8.38. The van der Waals surface area contributed by atoms with Crippen LogP contribution < -0.4 is 0 Å². The van der Waals surface area contributed by atoms with Gasteiger partial charge in [0, 0.05) is 25.4 Å². The lowest BCUT2D eigenvalue weighted by Gasteiger charge is -2.19. The van der Waals surface area contributed by atoms with Crippen LogP contribution in [-0.2, 0) is 13.0 Å². The van der Waals surface area contributed by atoms with Crippen molar-refractivity contribution in [3.63, 3.8) is 0 Å². The van der Waals surface area contributed by atoms with E-state index < -0.39 is 0 Å². The number of hydrogen-bond acceptors (Lipinski definition) is 2. The van der Waals surface area contributed by atoms with E-state index in [1.165, 1.54) is 0 Å². The Morgan fingerprint density at radius 1 is 1.25 bits per heavy atom. The van der Waals surface area contributed by atoms with Gasteiger partial charge < -0.3 is 9.47 Å². The highest BCUT2D eigenvalue weighted by atomic mass is 35.5. The maximum atomic E-state index is 6.35. The molecule has 1 heterocycles. The second-order valence-corrected chi connectivity index (χ2v) is 5.54. The predicted molar refractivity (Wildman–Crippen MR) is 87.0 cm³/mol. The van der Waals surface area contributed by atoms with E-state index in [9.17, 15) is 0 Å². The molecule has 110 valence electrons. The lowest BCUT2D eigenvalue weighted by atomic mass is 10.3. The lowest BCUT2D eigenvalue weighted by molar-refractivity contribution is 0.290. The van der Waals surface area contributed by atoms with Crippen LogP contribution >= 0.6 is 23.2 Å². The van der Waals surface area contributed by atoms with E-state index in [0.29, 0.717) is 5.88 Å². The van der Waals surface area contributed by atoms with Crippen LogP contribution in [0.4, 0.5) is 0 Å². The molecule has 1 aromatic carbocycles. The summed E-state index contributed by atoms with van der Waals surface area (Å²) in [5.74, 6) is 1.60. The molecule has 1 aromatic heterocycles. The molecule has 0 aliphatic rings. The molecule has 0 saturated carbocycles. The first kappa shape index (κ1) is 15.6. The molecule has 0 atom stereocenters. The number of fused-ring (bicyclic) bond motifs is 1. The van der Waals surface area contributed by atoms with Crippen molar-refractivity contribution in [2.24, 2.45) is 0 Å². The molecule has 0 unspecified atom stereocenters. The van der Waals surface area contributed by atoms with Gasteiger partial charge in [0.25, 0.3) is 0 Å². The molecule has 20 heavy (non-hydrogen) atoms. The fourth-order valence-electron chi connectivity index (χ4n) is 2.49. The smallest absolute Gasteiger partial charge is 0.111 e. The number of halogens is 2. The van der Waals surface area contributed by atoms with Crippen molar-refractivity contribution < 1.29 is 0 Å². The molecule has 0 spiro atoms. The average molecular weight is 314 g/mol. The number of aromatic nitrogens is 2. The Hall–Kier alpha value is -0.770. The number of alkyl halides is 1. The van der Waals surface area contributed by atoms with Crippen LogP contribution in [0.1, 0.15) is 19.7 Å². The Balaban J connectivity index is 2.35. The van der Waals surface area contributed by atoms with Crippen molar-refractivity contribution in [3.05, 3.63) is 29.0 Å². The van der Waals surface area contributed by atoms with E-state index in [1.54, 1.807) is 0 Å². The third kappa shape index (κ3) is 3.27. The number of hydrogen-bond donors (Lipinski definition) is 0. The van der Waals surface area contributed by atoms with Gasteiger partial charge in [-0.2, -0.15) is 0 Å². The molecule has 0 aliphatic carbocycles. The summed E-state index contributed by atoms with van der Waals surface area (Å²) in [5, 5.41) is 0.760. The Morgan fingerprint density at radius 2 is 2.00 bits per heavy atom. The summed E-state index contributed by atoms with van der Waals surface area (Å²) in [6, 6.07) is 5.87. The Morgan fingerprint density at radius 3 is 2.65 bits per heavy atom. The fraction of sp³-hybridized carbons (Fsp3) is 0.533. The zero-order valence-electron chi connectivity index (χ0n) is 12.1. The minimum Gasteiger partial charge on any atom is -0.325 e. The maximum absolute atomic E-state index is 6.35. The van der Waals surface area contributed by atoms with E-state index in [-0.39, 0.29) is 0 Å². The fourth-order valence-corrected chi connectivity index (χ4v) is 2.93. The van der Waals surface area contributed by atoms with Crippen LogP contribution in [0.15, 0.2) is 18.2 Å². The molecule has 2 aromatic rings. The quantitative estimate of drug-likeness (QED) is 0.725. The minimum absolute atomic E-state index is 0.576. The molecular formula is C15H21Cl2N3. The first-order valence-electron chi connectivity index (χ1n) is 7.13. The number of imidazole rings is 1. The van der Waals surface area contributed by atoms with E-state index in [0.717, 1.165) is 54.5 Å². The molecular weight excluding hydrogens is 293 g/mol. The van der Waals surface area contributed by atoms with Crippen LogP contribution in [0, 0.1) is 0 Å². The van der Waals surface area contributed by atoms with Crippen LogP contribution in [-0.4, -0.2) is 40.0 Å². The zero-order chi connectivity index (χ0) is 14.5. The highest BCUT2D eigenvalue weighted by molar-refractivity contribution is 6.35. The van der Waals surface area contributed by atoms with Gasteiger partial charge in [-0.25, -0.2) is 4.98 Å². The SMILES string of the molecule is CCN(CC)CCn1c(CCCl)nc2cccc(Cl)c21. The number of likely N-dealkylation sites (N-methyl/N-ethyl adjacent to an activating group) is 1. The van der Waals surface area contributed by atoms with Crippen LogP contribution in [0.5, 0.6) is 0 Å². The van der Waals surface area contributed by atoms with Gasteiger partial charge in [0.15, 0.2) is 0 Å². The zero-order valence-corrected chi connectivity index (χ0v) is 13.6. The second-order valence-electron chi connectivity index (χ2n) is 4.75. The van der Waals surface area contributed by atoms with Gasteiger partial charge in [0.05, 0.1) is 16.1 Å². The third-order valence-electron chi connectivity index (χ3n) is 3.65. The maximum Gasteiger partial charge on any atom is 0.111 e. The molecule has 3 nitrogen and oxygen atoms in total. The molecule has 0 aliphatic heterocycles. The van der Waals surface area contributed by atoms with Gasteiger partial charge >= 0.3 is 0 Å². The van der Waals surface area contributed by atoms with E-state index in [4.69, 9.17) is 23.2 Å². The molecule has 5 heteroatoms. The van der Waals surface area contributed by atoms with Crippen molar-refractivity contribution >= 4 is 34.2 Å². The van der Waals surface area contributed by atoms with Crippen LogP contribution in [0.2, 0.25) is 5.02 Å². The van der Waals surface area contributed by atoms with Gasteiger partial charge in [-0.3, -0.25) is 0 Å². The second kappa shape index (κ2) is 7.30. The predicted octanol–water partition coefficient (Wildman–Crippen LogP) is 3.81. The normalized spacial score (nSPS) is 11.7. The van der Waals surface area contributed by atoms with Gasteiger partial charge in [0.1, 0.15) is 5.82 Å². The number of para-hydroxylation sites is 1. The molecule has 0 radical (unpaired) electrons. The highest BCUT2D eigenvalue weighted by Crippen LogP contribution is 2.25. The number of nitrogens with zero attached hydrogens (tertiary/aromatic N) is 3. The van der Waals surface area contributed by atoms with Gasteiger partial charge in [0.2, 0.25) is 0 Å². The van der Waals surface area contributed by atoms with Gasteiger partial charge in [-0.15, -0.1) is 11.6 Å². The first-order chi connectivity index (χ1) is 9.71. The average Bonchev–Trinajstić information content (AvgIpc) is 2.80. The van der Waals surface area contributed by atoms with Crippen molar-refractivity contribution in [2.45, 2.75) is 26.8 Å². The molecule has 0 N–H and O–H groups in total. The van der Waals surface area contributed by atoms with Crippen molar-refractivity contribution in [2.75, 3.05) is 25.5 Å². The summed E-state index contributed by atoms with van der Waals surface area (Å²) in [5.41, 5.74) is 1.98. The number of rotatable bonds is 7. The molecule has 0 fully saturated rings. The summed E-state index contributed by atoms with van der Waals surface area (Å²) < 4.78 is 2.22. The van der Waals surface area contributed by atoms with Gasteiger partial charge in [-0.1, -0.05) is 31.5 Å². The number of aryl methyl sites for hydroxylation is 1. The summed E-state index contributed by atoms with van der Waals surface area (Å²) in [6.07, 6.45) is 0.769. The molecule has 0 saturated heterocycles. The minimum atomic E-state index is 0.576. The van der Waals surface area contributed by atoms with Crippen molar-refractivity contribution in [1.82, 2.24) is 14.5 Å². The van der Waals surface area contributed by atoms with E-state index in [1.807, 2.05) is 18.2 Å². The van der Waals surface area contributed by atoms with Crippen LogP contribution in [0.3, 0.4) is 0 Å². The first-order valence-corrected chi connectivity index (χ1v) is 8.04. The van der Waals surface area contributed by atoms with E-state index >= 15 is 0 Å². The molecule has 0 bridgehead atoms. The highest BCUT2D eigenvalue weighted by Gasteiger charge is 2.13. The summed E-state index contributed by atoms with van der Waals surface area (Å²) >= 11 is 12.2. The van der Waals surface area contributed by atoms with Crippen LogP contribution in [0.25, 0.3) is 11.0 Å². The monoisotopic (exact) mass is 313 g/mol. The molecule has 0 amide bonds. The largest absolute Gasteiger partial charge is 0.325 e. The summed E-state index contributed by atoms with van der Waals surface area (Å²) in [4.78, 5) is 7.06. The van der Waals surface area contributed by atoms with Crippen molar-refractivity contribution in [3.8, 4) is 0 Å². The summed E-state index contributed by atoms with van der Waals surface area (Å²) in [7, 11) is 0. The Bertz CT molecular complexity index is 561.